The summed E-state index contributed by atoms with van der Waals surface area (Å²) in [4.78, 5) is 16.0. The summed E-state index contributed by atoms with van der Waals surface area (Å²) in [6.45, 7) is 0. The van der Waals surface area contributed by atoms with Gasteiger partial charge >= 0.3 is 0 Å². The molecule has 2 aromatic rings. The van der Waals surface area contributed by atoms with Crippen molar-refractivity contribution < 1.29 is 13.9 Å². The van der Waals surface area contributed by atoms with E-state index >= 15 is 0 Å². The minimum atomic E-state index is -0.635. The molecule has 1 aliphatic rings. The fourth-order valence-electron chi connectivity index (χ4n) is 2.16. The van der Waals surface area contributed by atoms with Gasteiger partial charge in [0.1, 0.15) is 5.69 Å². The van der Waals surface area contributed by atoms with Gasteiger partial charge in [0.05, 0.1) is 18.7 Å². The standard InChI is InChI=1S/C14H7FN2O2/c1-19-14-11(15)5-10-9-4-7(6-16)2-3-8(9)13(18)12(10)17-14/h2-5H,1H3. The van der Waals surface area contributed by atoms with Gasteiger partial charge in [-0.1, -0.05) is 0 Å². The number of aromatic nitrogens is 1. The molecule has 19 heavy (non-hydrogen) atoms. The molecular weight excluding hydrogens is 247 g/mol. The van der Waals surface area contributed by atoms with E-state index in [1.807, 2.05) is 6.07 Å². The summed E-state index contributed by atoms with van der Waals surface area (Å²) in [6, 6.07) is 7.88. The molecule has 0 atom stereocenters. The second kappa shape index (κ2) is 3.89. The lowest BCUT2D eigenvalue weighted by molar-refractivity contribution is 0.103. The van der Waals surface area contributed by atoms with Crippen molar-refractivity contribution >= 4 is 5.78 Å². The lowest BCUT2D eigenvalue weighted by Crippen LogP contribution is -2.01. The predicted molar refractivity (Wildman–Crippen MR) is 64.3 cm³/mol. The first-order valence-electron chi connectivity index (χ1n) is 5.49. The molecule has 1 aromatic heterocycles. The van der Waals surface area contributed by atoms with E-state index < -0.39 is 5.82 Å². The van der Waals surface area contributed by atoms with E-state index in [-0.39, 0.29) is 17.4 Å². The molecule has 1 aliphatic carbocycles. The monoisotopic (exact) mass is 254 g/mol. The number of carbonyl (C=O) groups excluding carboxylic acids is 1. The Kier molecular flexibility index (Phi) is 2.32. The second-order valence-corrected chi connectivity index (χ2v) is 4.08. The van der Waals surface area contributed by atoms with Crippen LogP contribution < -0.4 is 4.74 Å². The molecule has 0 spiro atoms. The molecule has 1 heterocycles. The summed E-state index contributed by atoms with van der Waals surface area (Å²) in [5.41, 5.74) is 1.93. The summed E-state index contributed by atoms with van der Waals surface area (Å²) in [6.07, 6.45) is 0. The summed E-state index contributed by atoms with van der Waals surface area (Å²) < 4.78 is 18.5. The molecule has 4 nitrogen and oxygen atoms in total. The molecule has 0 bridgehead atoms. The van der Waals surface area contributed by atoms with Crippen molar-refractivity contribution in [2.45, 2.75) is 0 Å². The van der Waals surface area contributed by atoms with Crippen molar-refractivity contribution in [2.75, 3.05) is 7.11 Å². The van der Waals surface area contributed by atoms with E-state index in [1.165, 1.54) is 13.2 Å². The van der Waals surface area contributed by atoms with Gasteiger partial charge in [0.2, 0.25) is 5.78 Å². The molecular formula is C14H7FN2O2. The summed E-state index contributed by atoms with van der Waals surface area (Å²) in [5.74, 6) is -1.13. The van der Waals surface area contributed by atoms with E-state index in [1.54, 1.807) is 18.2 Å². The van der Waals surface area contributed by atoms with Crippen molar-refractivity contribution in [1.82, 2.24) is 4.98 Å². The van der Waals surface area contributed by atoms with Crippen LogP contribution in [0.5, 0.6) is 5.88 Å². The Hall–Kier alpha value is -2.74. The molecule has 5 heteroatoms. The number of ether oxygens (including phenoxy) is 1. The predicted octanol–water partition coefficient (Wildman–Crippen LogP) is 2.31. The van der Waals surface area contributed by atoms with Gasteiger partial charge in [-0.25, -0.2) is 9.37 Å². The molecule has 0 aliphatic heterocycles. The van der Waals surface area contributed by atoms with Crippen LogP contribution in [0, 0.1) is 17.1 Å². The van der Waals surface area contributed by atoms with Crippen LogP contribution in [0.2, 0.25) is 0 Å². The third-order valence-electron chi connectivity index (χ3n) is 3.04. The van der Waals surface area contributed by atoms with Gasteiger partial charge in [-0.2, -0.15) is 5.26 Å². The maximum absolute atomic E-state index is 13.7. The van der Waals surface area contributed by atoms with Crippen LogP contribution in [0.25, 0.3) is 11.1 Å². The van der Waals surface area contributed by atoms with Crippen LogP contribution >= 0.6 is 0 Å². The lowest BCUT2D eigenvalue weighted by atomic mass is 10.0. The maximum Gasteiger partial charge on any atom is 0.250 e. The zero-order valence-electron chi connectivity index (χ0n) is 9.90. The third-order valence-corrected chi connectivity index (χ3v) is 3.04. The minimum Gasteiger partial charge on any atom is -0.479 e. The molecule has 0 saturated carbocycles. The molecule has 92 valence electrons. The number of hydrogen-bond acceptors (Lipinski definition) is 4. The van der Waals surface area contributed by atoms with Crippen molar-refractivity contribution in [3.8, 4) is 23.1 Å². The highest BCUT2D eigenvalue weighted by molar-refractivity contribution is 6.20. The van der Waals surface area contributed by atoms with Crippen molar-refractivity contribution in [3.05, 3.63) is 46.9 Å². The zero-order valence-corrected chi connectivity index (χ0v) is 9.90. The average molecular weight is 254 g/mol. The van der Waals surface area contributed by atoms with Crippen LogP contribution in [-0.2, 0) is 0 Å². The number of rotatable bonds is 1. The van der Waals surface area contributed by atoms with Crippen LogP contribution in [-0.4, -0.2) is 17.9 Å². The SMILES string of the molecule is COc1nc2c(cc1F)-c1cc(C#N)ccc1C2=O. The number of hydrogen-bond donors (Lipinski definition) is 0. The number of fused-ring (bicyclic) bond motifs is 3. The van der Waals surface area contributed by atoms with Crippen LogP contribution in [0.3, 0.4) is 0 Å². The molecule has 0 amide bonds. The number of nitriles is 1. The van der Waals surface area contributed by atoms with Crippen LogP contribution in [0.1, 0.15) is 21.6 Å². The first kappa shape index (κ1) is 11.4. The van der Waals surface area contributed by atoms with Crippen molar-refractivity contribution in [3.63, 3.8) is 0 Å². The number of benzene rings is 1. The van der Waals surface area contributed by atoms with Crippen LogP contribution in [0.4, 0.5) is 4.39 Å². The Balaban J connectivity index is 2.31. The highest BCUT2D eigenvalue weighted by Gasteiger charge is 2.30. The summed E-state index contributed by atoms with van der Waals surface area (Å²) in [7, 11) is 1.29. The third kappa shape index (κ3) is 1.50. The molecule has 3 rings (SSSR count). The van der Waals surface area contributed by atoms with Gasteiger partial charge < -0.3 is 4.74 Å². The van der Waals surface area contributed by atoms with Gasteiger partial charge in [-0.15, -0.1) is 0 Å². The first-order chi connectivity index (χ1) is 9.15. The van der Waals surface area contributed by atoms with E-state index in [9.17, 15) is 9.18 Å². The smallest absolute Gasteiger partial charge is 0.250 e. The Bertz CT molecular complexity index is 763. The van der Waals surface area contributed by atoms with Gasteiger partial charge in [0.15, 0.2) is 5.82 Å². The zero-order chi connectivity index (χ0) is 13.6. The quantitative estimate of drug-likeness (QED) is 0.668. The number of halogens is 1. The largest absolute Gasteiger partial charge is 0.479 e. The fraction of sp³-hybridized carbons (Fsp3) is 0.0714. The van der Waals surface area contributed by atoms with Crippen molar-refractivity contribution in [2.24, 2.45) is 0 Å². The second-order valence-electron chi connectivity index (χ2n) is 4.08. The highest BCUT2D eigenvalue weighted by atomic mass is 19.1. The average Bonchev–Trinajstić information content (AvgIpc) is 2.70. The number of methoxy groups -OCH3 is 1. The molecule has 0 saturated heterocycles. The van der Waals surface area contributed by atoms with Gasteiger partial charge in [0.25, 0.3) is 5.88 Å². The van der Waals surface area contributed by atoms with E-state index in [4.69, 9.17) is 10.00 Å². The Morgan fingerprint density at radius 2 is 2.05 bits per heavy atom. The van der Waals surface area contributed by atoms with E-state index in [0.29, 0.717) is 22.3 Å². The topological polar surface area (TPSA) is 63.0 Å². The first-order valence-corrected chi connectivity index (χ1v) is 5.49. The Labute approximate surface area is 108 Å². The van der Waals surface area contributed by atoms with Crippen molar-refractivity contribution in [1.29, 1.82) is 5.26 Å². The number of ketones is 1. The summed E-state index contributed by atoms with van der Waals surface area (Å²) >= 11 is 0. The molecule has 0 unspecified atom stereocenters. The Morgan fingerprint density at radius 3 is 2.74 bits per heavy atom. The number of nitrogens with zero attached hydrogens (tertiary/aromatic N) is 2. The minimum absolute atomic E-state index is 0.156. The number of pyridine rings is 1. The Morgan fingerprint density at radius 1 is 1.26 bits per heavy atom. The van der Waals surface area contributed by atoms with Gasteiger partial charge in [-0.05, 0) is 29.8 Å². The molecule has 0 N–H and O–H groups in total. The molecule has 0 radical (unpaired) electrons. The van der Waals surface area contributed by atoms with E-state index in [0.717, 1.165) is 0 Å². The summed E-state index contributed by atoms with van der Waals surface area (Å²) in [5, 5.41) is 8.87. The molecule has 1 aromatic carbocycles. The normalized spacial score (nSPS) is 11.7. The maximum atomic E-state index is 13.7. The van der Waals surface area contributed by atoms with Crippen LogP contribution in [0.15, 0.2) is 24.3 Å². The van der Waals surface area contributed by atoms with Gasteiger partial charge in [-0.3, -0.25) is 4.79 Å². The van der Waals surface area contributed by atoms with E-state index in [2.05, 4.69) is 4.98 Å². The number of carbonyl (C=O) groups is 1. The highest BCUT2D eigenvalue weighted by Crippen LogP contribution is 2.38. The lowest BCUT2D eigenvalue weighted by Gasteiger charge is -2.03. The molecule has 0 fully saturated rings. The fourth-order valence-corrected chi connectivity index (χ4v) is 2.16. The van der Waals surface area contributed by atoms with Gasteiger partial charge in [0, 0.05) is 11.1 Å².